The summed E-state index contributed by atoms with van der Waals surface area (Å²) in [6, 6.07) is 3.10. The van der Waals surface area contributed by atoms with Gasteiger partial charge in [-0.3, -0.25) is 14.5 Å². The smallest absolute Gasteiger partial charge is 0.316 e. The normalized spacial score (nSPS) is 33.3. The van der Waals surface area contributed by atoms with E-state index in [1.807, 2.05) is 0 Å². The molecule has 2 N–H and O–H groups in total. The zero-order valence-corrected chi connectivity index (χ0v) is 12.5. The summed E-state index contributed by atoms with van der Waals surface area (Å²) in [6.45, 7) is 0.827. The number of carbonyl (C=O) groups is 1. The van der Waals surface area contributed by atoms with Crippen molar-refractivity contribution in [1.29, 1.82) is 0 Å². The van der Waals surface area contributed by atoms with Crippen LogP contribution >= 0.6 is 0 Å². The van der Waals surface area contributed by atoms with E-state index in [0.717, 1.165) is 0 Å². The van der Waals surface area contributed by atoms with E-state index in [0.29, 0.717) is 37.4 Å². The number of carboxylic acid groups (broad SMARTS) is 1. The van der Waals surface area contributed by atoms with E-state index in [4.69, 9.17) is 4.74 Å². The number of rotatable bonds is 5. The fourth-order valence-electron chi connectivity index (χ4n) is 3.51. The maximum Gasteiger partial charge on any atom is 0.316 e. The number of aromatic nitrogens is 1. The SMILES string of the molecule is O=C(O)C1(c2cc(NS(=O)(=O)C3CC3)ccn2)[C@@H]2COC[C@@H]21. The monoisotopic (exact) mass is 324 g/mol. The van der Waals surface area contributed by atoms with Crippen LogP contribution in [0.25, 0.3) is 0 Å². The number of fused-ring (bicyclic) bond motifs is 1. The topological polar surface area (TPSA) is 106 Å². The summed E-state index contributed by atoms with van der Waals surface area (Å²) in [5, 5.41) is 9.32. The van der Waals surface area contributed by atoms with Gasteiger partial charge in [-0.15, -0.1) is 0 Å². The van der Waals surface area contributed by atoms with Crippen LogP contribution in [0.2, 0.25) is 0 Å². The zero-order valence-electron chi connectivity index (χ0n) is 11.7. The van der Waals surface area contributed by atoms with Crippen LogP contribution in [0.4, 0.5) is 5.69 Å². The molecular formula is C14H16N2O5S. The number of sulfonamides is 1. The molecular weight excluding hydrogens is 308 g/mol. The van der Waals surface area contributed by atoms with E-state index in [-0.39, 0.29) is 17.1 Å². The molecule has 0 spiro atoms. The Morgan fingerprint density at radius 2 is 2.05 bits per heavy atom. The Hall–Kier alpha value is -1.67. The molecule has 0 bridgehead atoms. The van der Waals surface area contributed by atoms with Gasteiger partial charge in [0.15, 0.2) is 0 Å². The lowest BCUT2D eigenvalue weighted by atomic mass is 9.96. The fourth-order valence-corrected chi connectivity index (χ4v) is 4.89. The van der Waals surface area contributed by atoms with Crippen molar-refractivity contribution in [3.8, 4) is 0 Å². The van der Waals surface area contributed by atoms with Crippen molar-refractivity contribution >= 4 is 21.7 Å². The van der Waals surface area contributed by atoms with Gasteiger partial charge in [0.25, 0.3) is 0 Å². The first-order valence-electron chi connectivity index (χ1n) is 7.25. The molecule has 4 rings (SSSR count). The molecule has 0 aromatic carbocycles. The van der Waals surface area contributed by atoms with Crippen LogP contribution < -0.4 is 4.72 Å². The summed E-state index contributed by atoms with van der Waals surface area (Å²) in [7, 11) is -3.37. The van der Waals surface area contributed by atoms with Crippen LogP contribution in [0.15, 0.2) is 18.3 Å². The number of anilines is 1. The van der Waals surface area contributed by atoms with Gasteiger partial charge in [0.05, 0.1) is 29.8 Å². The number of nitrogens with one attached hydrogen (secondary N) is 1. The number of nitrogens with zero attached hydrogens (tertiary/aromatic N) is 1. The van der Waals surface area contributed by atoms with E-state index < -0.39 is 21.4 Å². The highest BCUT2D eigenvalue weighted by molar-refractivity contribution is 7.93. The lowest BCUT2D eigenvalue weighted by Crippen LogP contribution is -2.29. The maximum atomic E-state index is 12.0. The maximum absolute atomic E-state index is 12.0. The van der Waals surface area contributed by atoms with Gasteiger partial charge in [0.2, 0.25) is 10.0 Å². The molecule has 1 saturated heterocycles. The van der Waals surface area contributed by atoms with Gasteiger partial charge in [-0.25, -0.2) is 8.42 Å². The molecule has 22 heavy (non-hydrogen) atoms. The van der Waals surface area contributed by atoms with Gasteiger partial charge in [-0.2, -0.15) is 0 Å². The minimum atomic E-state index is -3.37. The highest BCUT2D eigenvalue weighted by atomic mass is 32.2. The number of hydrogen-bond acceptors (Lipinski definition) is 5. The summed E-state index contributed by atoms with van der Waals surface area (Å²) < 4.78 is 31.8. The van der Waals surface area contributed by atoms with Crippen molar-refractivity contribution in [1.82, 2.24) is 4.98 Å². The molecule has 1 aromatic heterocycles. The average molecular weight is 324 g/mol. The van der Waals surface area contributed by atoms with Crippen LogP contribution in [0.1, 0.15) is 18.5 Å². The van der Waals surface area contributed by atoms with Crippen LogP contribution in [0, 0.1) is 11.8 Å². The van der Waals surface area contributed by atoms with Gasteiger partial charge in [0, 0.05) is 18.0 Å². The van der Waals surface area contributed by atoms with E-state index in [1.54, 1.807) is 12.1 Å². The third-order valence-corrected chi connectivity index (χ3v) is 6.77. The Kier molecular flexibility index (Phi) is 2.80. The summed E-state index contributed by atoms with van der Waals surface area (Å²) in [6.07, 6.45) is 2.81. The van der Waals surface area contributed by atoms with Gasteiger partial charge < -0.3 is 9.84 Å². The molecule has 2 aliphatic carbocycles. The Morgan fingerprint density at radius 1 is 1.36 bits per heavy atom. The molecule has 0 amide bonds. The third kappa shape index (κ3) is 1.87. The molecule has 3 aliphatic rings. The van der Waals surface area contributed by atoms with Crippen molar-refractivity contribution in [3.63, 3.8) is 0 Å². The number of carboxylic acids is 1. The first-order chi connectivity index (χ1) is 10.5. The summed E-state index contributed by atoms with van der Waals surface area (Å²) in [4.78, 5) is 16.0. The van der Waals surface area contributed by atoms with Gasteiger partial charge in [-0.1, -0.05) is 0 Å². The average Bonchev–Trinajstić information content (AvgIpc) is 3.36. The standard InChI is InChI=1S/C14H16N2O5S/c17-13(18)14(10-6-21-7-11(10)14)12-5-8(3-4-15-12)16-22(19,20)9-1-2-9/h3-5,9-11H,1-2,6-7H2,(H,15,16)(H,17,18)/t10-,11+,14?. The second kappa shape index (κ2) is 4.42. The molecule has 1 unspecified atom stereocenters. The third-order valence-electron chi connectivity index (χ3n) is 4.90. The predicted molar refractivity (Wildman–Crippen MR) is 76.9 cm³/mol. The van der Waals surface area contributed by atoms with E-state index in [1.165, 1.54) is 6.20 Å². The molecule has 0 radical (unpaired) electrons. The molecule has 8 heteroatoms. The lowest BCUT2D eigenvalue weighted by Gasteiger charge is -2.17. The largest absolute Gasteiger partial charge is 0.481 e. The molecule has 1 aromatic rings. The van der Waals surface area contributed by atoms with Crippen molar-refractivity contribution in [2.75, 3.05) is 17.9 Å². The molecule has 3 fully saturated rings. The summed E-state index contributed by atoms with van der Waals surface area (Å²) in [5.41, 5.74) is -0.239. The van der Waals surface area contributed by atoms with E-state index in [9.17, 15) is 18.3 Å². The number of hydrogen-bond donors (Lipinski definition) is 2. The van der Waals surface area contributed by atoms with Crippen molar-refractivity contribution < 1.29 is 23.1 Å². The van der Waals surface area contributed by atoms with Gasteiger partial charge >= 0.3 is 5.97 Å². The molecule has 118 valence electrons. The first-order valence-corrected chi connectivity index (χ1v) is 8.80. The fraction of sp³-hybridized carbons (Fsp3) is 0.571. The zero-order chi connectivity index (χ0) is 15.5. The minimum Gasteiger partial charge on any atom is -0.481 e. The van der Waals surface area contributed by atoms with E-state index >= 15 is 0 Å². The van der Waals surface area contributed by atoms with Crippen LogP contribution in [0.5, 0.6) is 0 Å². The number of ether oxygens (including phenoxy) is 1. The van der Waals surface area contributed by atoms with Crippen molar-refractivity contribution in [2.45, 2.75) is 23.5 Å². The highest BCUT2D eigenvalue weighted by Crippen LogP contribution is 2.62. The Bertz CT molecular complexity index is 733. The van der Waals surface area contributed by atoms with Crippen molar-refractivity contribution in [2.24, 2.45) is 11.8 Å². The summed E-state index contributed by atoms with van der Waals surface area (Å²) in [5.74, 6) is -1.07. The quantitative estimate of drug-likeness (QED) is 0.821. The van der Waals surface area contributed by atoms with Gasteiger partial charge in [-0.05, 0) is 25.0 Å². The van der Waals surface area contributed by atoms with E-state index in [2.05, 4.69) is 9.71 Å². The predicted octanol–water partition coefficient (Wildman–Crippen LogP) is 0.584. The first kappa shape index (κ1) is 14.0. The Balaban J connectivity index is 1.66. The minimum absolute atomic E-state index is 0.0761. The Morgan fingerprint density at radius 3 is 2.64 bits per heavy atom. The van der Waals surface area contributed by atoms with Crippen LogP contribution in [-0.2, 0) is 25.0 Å². The van der Waals surface area contributed by atoms with Crippen LogP contribution in [-0.4, -0.2) is 42.9 Å². The van der Waals surface area contributed by atoms with Crippen molar-refractivity contribution in [3.05, 3.63) is 24.0 Å². The molecule has 3 atom stereocenters. The molecule has 2 saturated carbocycles. The lowest BCUT2D eigenvalue weighted by molar-refractivity contribution is -0.142. The second-order valence-corrected chi connectivity index (χ2v) is 8.16. The number of aliphatic carboxylic acids is 1. The molecule has 7 nitrogen and oxygen atoms in total. The molecule has 1 aliphatic heterocycles. The molecule has 2 heterocycles. The number of pyridine rings is 1. The second-order valence-electron chi connectivity index (χ2n) is 6.20. The van der Waals surface area contributed by atoms with Gasteiger partial charge in [0.1, 0.15) is 5.41 Å². The Labute approximate surface area is 127 Å². The van der Waals surface area contributed by atoms with Crippen LogP contribution in [0.3, 0.4) is 0 Å². The summed E-state index contributed by atoms with van der Waals surface area (Å²) >= 11 is 0. The highest BCUT2D eigenvalue weighted by Gasteiger charge is 2.74.